The van der Waals surface area contributed by atoms with E-state index in [1.165, 1.54) is 0 Å². The summed E-state index contributed by atoms with van der Waals surface area (Å²) in [6.07, 6.45) is 0. The zero-order chi connectivity index (χ0) is 7.56. The highest BCUT2D eigenvalue weighted by Gasteiger charge is 1.96. The molecule has 0 aliphatic heterocycles. The van der Waals surface area contributed by atoms with Crippen LogP contribution in [-0.4, -0.2) is 7.11 Å². The van der Waals surface area contributed by atoms with E-state index >= 15 is 0 Å². The van der Waals surface area contributed by atoms with Crippen LogP contribution in [0.2, 0.25) is 0 Å². The number of hydrogen-bond donors (Lipinski definition) is 0. The summed E-state index contributed by atoms with van der Waals surface area (Å²) in [6, 6.07) is 5.51. The molecule has 0 heterocycles. The number of rotatable bonds is 1. The van der Waals surface area contributed by atoms with Crippen molar-refractivity contribution in [1.82, 2.24) is 5.73 Å². The summed E-state index contributed by atoms with van der Waals surface area (Å²) < 4.78 is 4.91. The van der Waals surface area contributed by atoms with Crippen LogP contribution in [0, 0.1) is 6.92 Å². The molecule has 1 radical (unpaired) electrons. The topological polar surface area (TPSA) is 33.0 Å². The minimum atomic E-state index is 0.447. The molecule has 0 unspecified atom stereocenters. The van der Waals surface area contributed by atoms with Crippen molar-refractivity contribution in [1.29, 1.82) is 0 Å². The molecular weight excluding hydrogens is 126 g/mol. The highest BCUT2D eigenvalue weighted by Crippen LogP contribution is 2.22. The van der Waals surface area contributed by atoms with Gasteiger partial charge in [0.25, 0.3) is 0 Å². The van der Waals surface area contributed by atoms with Crippen molar-refractivity contribution >= 4 is 5.69 Å². The molecule has 0 spiro atoms. The molecule has 53 valence electrons. The van der Waals surface area contributed by atoms with Crippen molar-refractivity contribution in [2.45, 2.75) is 6.92 Å². The minimum Gasteiger partial charge on any atom is -0.495 e. The Hall–Kier alpha value is -1.18. The van der Waals surface area contributed by atoms with Crippen LogP contribution < -0.4 is 10.5 Å². The zero-order valence-corrected chi connectivity index (χ0v) is 6.14. The van der Waals surface area contributed by atoms with Gasteiger partial charge >= 0.3 is 0 Å². The maximum atomic E-state index is 7.39. The second kappa shape index (κ2) is 2.60. The van der Waals surface area contributed by atoms with Crippen molar-refractivity contribution in [2.75, 3.05) is 7.11 Å². The molecule has 1 N–H and O–H groups in total. The van der Waals surface area contributed by atoms with E-state index in [-0.39, 0.29) is 0 Å². The molecule has 2 nitrogen and oxygen atoms in total. The van der Waals surface area contributed by atoms with Gasteiger partial charge in [-0.3, -0.25) is 5.73 Å². The van der Waals surface area contributed by atoms with Gasteiger partial charge in [0, 0.05) is 0 Å². The van der Waals surface area contributed by atoms with Crippen molar-refractivity contribution in [3.8, 4) is 5.75 Å². The fourth-order valence-corrected chi connectivity index (χ4v) is 0.822. The molecule has 0 aliphatic carbocycles. The first kappa shape index (κ1) is 6.93. The maximum Gasteiger partial charge on any atom is 0.143 e. The fourth-order valence-electron chi connectivity index (χ4n) is 0.822. The number of ether oxygens (including phenoxy) is 1. The molecule has 0 saturated heterocycles. The summed E-state index contributed by atoms with van der Waals surface area (Å²) in [7, 11) is 1.57. The highest BCUT2D eigenvalue weighted by atomic mass is 16.5. The molecule has 2 heteroatoms. The van der Waals surface area contributed by atoms with E-state index in [9.17, 15) is 0 Å². The number of methoxy groups -OCH3 is 1. The maximum absolute atomic E-state index is 7.39. The Morgan fingerprint density at radius 2 is 2.10 bits per heavy atom. The summed E-state index contributed by atoms with van der Waals surface area (Å²) in [4.78, 5) is 0. The average Bonchev–Trinajstić information content (AvgIpc) is 1.88. The van der Waals surface area contributed by atoms with Gasteiger partial charge in [-0.25, -0.2) is 0 Å². The Kier molecular flexibility index (Phi) is 1.81. The third kappa shape index (κ3) is 1.21. The van der Waals surface area contributed by atoms with Crippen LogP contribution >= 0.6 is 0 Å². The number of hydrogen-bond acceptors (Lipinski definition) is 1. The van der Waals surface area contributed by atoms with Crippen LogP contribution in [0.15, 0.2) is 18.2 Å². The Bertz CT molecular complexity index is 233. The van der Waals surface area contributed by atoms with Gasteiger partial charge in [0.05, 0.1) is 12.8 Å². The van der Waals surface area contributed by atoms with Crippen molar-refractivity contribution in [2.24, 2.45) is 0 Å². The van der Waals surface area contributed by atoms with Crippen LogP contribution in [-0.2, 0) is 0 Å². The average molecular weight is 136 g/mol. The normalized spacial score (nSPS) is 9.40. The summed E-state index contributed by atoms with van der Waals surface area (Å²) in [6.45, 7) is 1.96. The Morgan fingerprint density at radius 3 is 2.60 bits per heavy atom. The molecule has 1 rings (SSSR count). The SMILES string of the molecule is COc1ccc(C)cc1[NH]. The lowest BCUT2D eigenvalue weighted by Gasteiger charge is -2.02. The van der Waals surface area contributed by atoms with Crippen LogP contribution in [0.4, 0.5) is 5.69 Å². The van der Waals surface area contributed by atoms with E-state index in [0.29, 0.717) is 11.4 Å². The predicted octanol–water partition coefficient (Wildman–Crippen LogP) is 1.92. The van der Waals surface area contributed by atoms with E-state index < -0.39 is 0 Å². The quantitative estimate of drug-likeness (QED) is 0.580. The molecule has 0 saturated carbocycles. The van der Waals surface area contributed by atoms with E-state index in [1.54, 1.807) is 19.2 Å². The largest absolute Gasteiger partial charge is 0.495 e. The van der Waals surface area contributed by atoms with Gasteiger partial charge in [-0.05, 0) is 24.6 Å². The summed E-state index contributed by atoms with van der Waals surface area (Å²) in [5.41, 5.74) is 8.92. The number of benzene rings is 1. The Balaban J connectivity index is 3.07. The molecular formula is C8H10NO. The Morgan fingerprint density at radius 1 is 1.40 bits per heavy atom. The van der Waals surface area contributed by atoms with Gasteiger partial charge < -0.3 is 4.74 Å². The summed E-state index contributed by atoms with van der Waals surface area (Å²) >= 11 is 0. The van der Waals surface area contributed by atoms with Gasteiger partial charge in [-0.1, -0.05) is 6.07 Å². The van der Waals surface area contributed by atoms with Crippen LogP contribution in [0.25, 0.3) is 0 Å². The first-order valence-electron chi connectivity index (χ1n) is 3.10. The first-order valence-corrected chi connectivity index (χ1v) is 3.10. The molecule has 0 bridgehead atoms. The van der Waals surface area contributed by atoms with Crippen LogP contribution in [0.1, 0.15) is 5.56 Å². The molecule has 0 aliphatic rings. The second-order valence-corrected chi connectivity index (χ2v) is 2.20. The molecule has 1 aromatic carbocycles. The van der Waals surface area contributed by atoms with Crippen molar-refractivity contribution in [3.05, 3.63) is 23.8 Å². The van der Waals surface area contributed by atoms with E-state index in [2.05, 4.69) is 0 Å². The number of nitrogens with one attached hydrogen (secondary N) is 1. The molecule has 10 heavy (non-hydrogen) atoms. The van der Waals surface area contributed by atoms with E-state index in [0.717, 1.165) is 5.56 Å². The smallest absolute Gasteiger partial charge is 0.143 e. The van der Waals surface area contributed by atoms with Gasteiger partial charge in [0.2, 0.25) is 0 Å². The van der Waals surface area contributed by atoms with Crippen LogP contribution in [0.5, 0.6) is 5.75 Å². The van der Waals surface area contributed by atoms with Gasteiger partial charge in [0.1, 0.15) is 5.75 Å². The molecule has 0 amide bonds. The highest BCUT2D eigenvalue weighted by molar-refractivity contribution is 5.50. The number of aryl methyl sites for hydroxylation is 1. The van der Waals surface area contributed by atoms with Crippen LogP contribution in [0.3, 0.4) is 0 Å². The Labute approximate surface area is 60.6 Å². The third-order valence-corrected chi connectivity index (χ3v) is 1.35. The summed E-state index contributed by atoms with van der Waals surface area (Å²) in [5, 5.41) is 0. The lowest BCUT2D eigenvalue weighted by Crippen LogP contribution is -1.84. The van der Waals surface area contributed by atoms with Gasteiger partial charge in [-0.2, -0.15) is 0 Å². The standard InChI is InChI=1S/C8H10NO/c1-6-3-4-8(10-2)7(9)5-6/h3-5,9H,1-2H3. The lowest BCUT2D eigenvalue weighted by atomic mass is 10.2. The predicted molar refractivity (Wildman–Crippen MR) is 40.5 cm³/mol. The molecule has 0 atom stereocenters. The van der Waals surface area contributed by atoms with Crippen molar-refractivity contribution in [3.63, 3.8) is 0 Å². The second-order valence-electron chi connectivity index (χ2n) is 2.20. The van der Waals surface area contributed by atoms with Gasteiger partial charge in [0.15, 0.2) is 0 Å². The zero-order valence-electron chi connectivity index (χ0n) is 6.14. The molecule has 1 aromatic rings. The third-order valence-electron chi connectivity index (χ3n) is 1.35. The monoisotopic (exact) mass is 136 g/mol. The lowest BCUT2D eigenvalue weighted by molar-refractivity contribution is 0.415. The van der Waals surface area contributed by atoms with Gasteiger partial charge in [-0.15, -0.1) is 0 Å². The van der Waals surface area contributed by atoms with E-state index in [4.69, 9.17) is 10.5 Å². The molecule has 0 fully saturated rings. The minimum absolute atomic E-state index is 0.447. The van der Waals surface area contributed by atoms with E-state index in [1.807, 2.05) is 13.0 Å². The fraction of sp³-hybridized carbons (Fsp3) is 0.250. The first-order chi connectivity index (χ1) is 4.74. The van der Waals surface area contributed by atoms with Crippen molar-refractivity contribution < 1.29 is 4.74 Å². The summed E-state index contributed by atoms with van der Waals surface area (Å²) in [5.74, 6) is 0.630. The molecule has 0 aromatic heterocycles.